The van der Waals surface area contributed by atoms with Crippen LogP contribution in [0.3, 0.4) is 0 Å². The van der Waals surface area contributed by atoms with Gasteiger partial charge in [-0.2, -0.15) is 0 Å². The highest BCUT2D eigenvalue weighted by Crippen LogP contribution is 2.39. The molecule has 0 radical (unpaired) electrons. The largest absolute Gasteiger partial charge is 0.396 e. The number of nitrogens with zero attached hydrogens (tertiary/aromatic N) is 3. The number of anilines is 1. The minimum atomic E-state index is -0.397. The molecule has 2 aromatic carbocycles. The van der Waals surface area contributed by atoms with Crippen LogP contribution in [0.15, 0.2) is 51.7 Å². The maximum absolute atomic E-state index is 13.0. The molecule has 0 saturated carbocycles. The number of rotatable bonds is 5. The van der Waals surface area contributed by atoms with E-state index in [0.717, 1.165) is 15.7 Å². The molecule has 0 unspecified atom stereocenters. The van der Waals surface area contributed by atoms with Gasteiger partial charge < -0.3 is 10.0 Å². The maximum Gasteiger partial charge on any atom is 0.261 e. The van der Waals surface area contributed by atoms with Gasteiger partial charge in [-0.05, 0) is 42.3 Å². The number of benzene rings is 2. The standard InChI is InChI=1S/C21H20BrN3O3/c1-24-18-8-7-13(22)11-15(18)16(20(24)27)12-19-23-17-6-3-2-5-14(17)21(28)25(19)9-4-10-26/h2-3,5-8,11,16,26H,4,9-10,12H2,1H3/t16-/m0/s1. The number of carbonyl (C=O) groups is 1. The third kappa shape index (κ3) is 3.14. The van der Waals surface area contributed by atoms with Crippen molar-refractivity contribution in [3.8, 4) is 0 Å². The molecule has 0 bridgehead atoms. The second kappa shape index (κ2) is 7.48. The van der Waals surface area contributed by atoms with Gasteiger partial charge in [-0.1, -0.05) is 28.1 Å². The normalized spacial score (nSPS) is 16.0. The number of halogens is 1. The van der Waals surface area contributed by atoms with Crippen LogP contribution in [0, 0.1) is 0 Å². The molecule has 0 spiro atoms. The molecule has 2 heterocycles. The average molecular weight is 442 g/mol. The Labute approximate surface area is 170 Å². The molecule has 0 fully saturated rings. The third-order valence-electron chi connectivity index (χ3n) is 5.22. The molecule has 144 valence electrons. The summed E-state index contributed by atoms with van der Waals surface area (Å²) in [5, 5.41) is 9.79. The molecule has 3 aromatic rings. The molecule has 1 N–H and O–H groups in total. The highest BCUT2D eigenvalue weighted by atomic mass is 79.9. The molecule has 0 aliphatic carbocycles. The fourth-order valence-corrected chi connectivity index (χ4v) is 4.18. The van der Waals surface area contributed by atoms with E-state index in [9.17, 15) is 14.7 Å². The summed E-state index contributed by atoms with van der Waals surface area (Å²) in [6.07, 6.45) is 0.783. The van der Waals surface area contributed by atoms with E-state index in [4.69, 9.17) is 4.98 Å². The van der Waals surface area contributed by atoms with E-state index >= 15 is 0 Å². The van der Waals surface area contributed by atoms with Crippen molar-refractivity contribution in [1.82, 2.24) is 9.55 Å². The molecule has 7 heteroatoms. The first-order chi connectivity index (χ1) is 13.5. The SMILES string of the molecule is CN1C(=O)[C@@H](Cc2nc3ccccc3c(=O)n2CCCO)c2cc(Br)ccc21. The Morgan fingerprint density at radius 3 is 2.75 bits per heavy atom. The van der Waals surface area contributed by atoms with Crippen LogP contribution in [-0.2, 0) is 17.8 Å². The Morgan fingerprint density at radius 1 is 1.18 bits per heavy atom. The summed E-state index contributed by atoms with van der Waals surface area (Å²) in [7, 11) is 1.77. The summed E-state index contributed by atoms with van der Waals surface area (Å²) in [6.45, 7) is 0.351. The molecule has 1 aliphatic heterocycles. The van der Waals surface area contributed by atoms with Crippen molar-refractivity contribution in [2.75, 3.05) is 18.6 Å². The number of hydrogen-bond donors (Lipinski definition) is 1. The highest BCUT2D eigenvalue weighted by molar-refractivity contribution is 9.10. The summed E-state index contributed by atoms with van der Waals surface area (Å²) in [5.41, 5.74) is 2.29. The van der Waals surface area contributed by atoms with Crippen LogP contribution in [0.1, 0.15) is 23.7 Å². The van der Waals surface area contributed by atoms with Crippen LogP contribution >= 0.6 is 15.9 Å². The minimum absolute atomic E-state index is 0.00999. The van der Waals surface area contributed by atoms with Gasteiger partial charge in [0, 0.05) is 36.8 Å². The zero-order valence-electron chi connectivity index (χ0n) is 15.4. The van der Waals surface area contributed by atoms with Gasteiger partial charge >= 0.3 is 0 Å². The van der Waals surface area contributed by atoms with Gasteiger partial charge in [0.05, 0.1) is 16.8 Å². The fourth-order valence-electron chi connectivity index (χ4n) is 3.80. The lowest BCUT2D eigenvalue weighted by molar-refractivity contribution is -0.119. The van der Waals surface area contributed by atoms with E-state index in [0.29, 0.717) is 36.1 Å². The Balaban J connectivity index is 1.83. The van der Waals surface area contributed by atoms with Crippen molar-refractivity contribution in [2.45, 2.75) is 25.3 Å². The Kier molecular flexibility index (Phi) is 5.03. The fraction of sp³-hybridized carbons (Fsp3) is 0.286. The number of aromatic nitrogens is 2. The van der Waals surface area contributed by atoms with E-state index in [1.165, 1.54) is 0 Å². The van der Waals surface area contributed by atoms with Crippen LogP contribution in [-0.4, -0.2) is 34.2 Å². The van der Waals surface area contributed by atoms with Gasteiger partial charge in [0.2, 0.25) is 5.91 Å². The summed E-state index contributed by atoms with van der Waals surface area (Å²) < 4.78 is 2.51. The number of para-hydroxylation sites is 1. The smallest absolute Gasteiger partial charge is 0.261 e. The molecule has 1 aromatic heterocycles. The lowest BCUT2D eigenvalue weighted by Crippen LogP contribution is -2.30. The van der Waals surface area contributed by atoms with Gasteiger partial charge in [-0.15, -0.1) is 0 Å². The van der Waals surface area contributed by atoms with Gasteiger partial charge in [0.15, 0.2) is 0 Å². The number of hydrogen-bond acceptors (Lipinski definition) is 4. The molecule has 1 aliphatic rings. The Morgan fingerprint density at radius 2 is 1.96 bits per heavy atom. The first-order valence-electron chi connectivity index (χ1n) is 9.17. The van der Waals surface area contributed by atoms with E-state index in [1.807, 2.05) is 36.4 Å². The lowest BCUT2D eigenvalue weighted by atomic mass is 9.96. The highest BCUT2D eigenvalue weighted by Gasteiger charge is 2.36. The molecule has 1 atom stereocenters. The minimum Gasteiger partial charge on any atom is -0.396 e. The van der Waals surface area contributed by atoms with Gasteiger partial charge in [0.25, 0.3) is 5.56 Å². The molecular weight excluding hydrogens is 422 g/mol. The molecule has 28 heavy (non-hydrogen) atoms. The predicted molar refractivity (Wildman–Crippen MR) is 112 cm³/mol. The topological polar surface area (TPSA) is 75.4 Å². The Bertz CT molecular complexity index is 1130. The van der Waals surface area contributed by atoms with E-state index < -0.39 is 5.92 Å². The summed E-state index contributed by atoms with van der Waals surface area (Å²) >= 11 is 3.48. The molecule has 0 saturated heterocycles. The zero-order chi connectivity index (χ0) is 19.8. The summed E-state index contributed by atoms with van der Waals surface area (Å²) in [4.78, 5) is 32.3. The summed E-state index contributed by atoms with van der Waals surface area (Å²) in [6, 6.07) is 13.0. The molecule has 1 amide bonds. The van der Waals surface area contributed by atoms with Crippen molar-refractivity contribution >= 4 is 38.4 Å². The molecule has 6 nitrogen and oxygen atoms in total. The van der Waals surface area contributed by atoms with Crippen LogP contribution in [0.25, 0.3) is 10.9 Å². The van der Waals surface area contributed by atoms with E-state index in [2.05, 4.69) is 15.9 Å². The predicted octanol–water partition coefficient (Wildman–Crippen LogP) is 2.84. The number of aliphatic hydroxyl groups excluding tert-OH is 1. The first-order valence-corrected chi connectivity index (χ1v) is 9.97. The van der Waals surface area contributed by atoms with Crippen LogP contribution in [0.2, 0.25) is 0 Å². The lowest BCUT2D eigenvalue weighted by Gasteiger charge is -2.16. The van der Waals surface area contributed by atoms with Gasteiger partial charge in [0.1, 0.15) is 5.82 Å². The summed E-state index contributed by atoms with van der Waals surface area (Å²) in [5.74, 6) is 0.159. The van der Waals surface area contributed by atoms with E-state index in [-0.39, 0.29) is 18.1 Å². The second-order valence-corrected chi connectivity index (χ2v) is 7.85. The number of likely N-dealkylation sites (N-methyl/N-ethyl adjacent to an activating group) is 1. The monoisotopic (exact) mass is 441 g/mol. The number of amides is 1. The maximum atomic E-state index is 13.0. The van der Waals surface area contributed by atoms with Crippen LogP contribution < -0.4 is 10.5 Å². The van der Waals surface area contributed by atoms with Gasteiger partial charge in [-0.3, -0.25) is 14.2 Å². The number of carbonyl (C=O) groups excluding carboxylic acids is 1. The van der Waals surface area contributed by atoms with Gasteiger partial charge in [-0.25, -0.2) is 4.98 Å². The Hall–Kier alpha value is -2.51. The second-order valence-electron chi connectivity index (χ2n) is 6.94. The van der Waals surface area contributed by atoms with Crippen molar-refractivity contribution < 1.29 is 9.90 Å². The quantitative estimate of drug-likeness (QED) is 0.660. The van der Waals surface area contributed by atoms with E-state index in [1.54, 1.807) is 22.6 Å². The van der Waals surface area contributed by atoms with Crippen molar-refractivity contribution in [1.29, 1.82) is 0 Å². The first kappa shape index (κ1) is 18.8. The van der Waals surface area contributed by atoms with Crippen molar-refractivity contribution in [3.63, 3.8) is 0 Å². The zero-order valence-corrected chi connectivity index (χ0v) is 17.0. The van der Waals surface area contributed by atoms with Crippen LogP contribution in [0.4, 0.5) is 5.69 Å². The van der Waals surface area contributed by atoms with Crippen molar-refractivity contribution in [3.05, 3.63) is 68.7 Å². The number of aliphatic hydroxyl groups is 1. The van der Waals surface area contributed by atoms with Crippen LogP contribution in [0.5, 0.6) is 0 Å². The number of fused-ring (bicyclic) bond motifs is 2. The van der Waals surface area contributed by atoms with Crippen molar-refractivity contribution in [2.24, 2.45) is 0 Å². The molecule has 4 rings (SSSR count). The molecular formula is C21H20BrN3O3. The average Bonchev–Trinajstić information content (AvgIpc) is 2.92. The third-order valence-corrected chi connectivity index (χ3v) is 5.72.